The van der Waals surface area contributed by atoms with E-state index in [4.69, 9.17) is 0 Å². The number of hydrogen-bond donors (Lipinski definition) is 1. The van der Waals surface area contributed by atoms with Crippen LogP contribution in [0.5, 0.6) is 0 Å². The van der Waals surface area contributed by atoms with Crippen molar-refractivity contribution in [2.24, 2.45) is 17.8 Å². The van der Waals surface area contributed by atoms with Gasteiger partial charge in [-0.15, -0.1) is 0 Å². The van der Waals surface area contributed by atoms with E-state index in [0.29, 0.717) is 31.0 Å². The first-order chi connectivity index (χ1) is 11.6. The summed E-state index contributed by atoms with van der Waals surface area (Å²) in [5.41, 5.74) is 1.45. The zero-order valence-electron chi connectivity index (χ0n) is 14.8. The normalized spacial score (nSPS) is 24.8. The van der Waals surface area contributed by atoms with Gasteiger partial charge in [0, 0.05) is 30.8 Å². The molecule has 2 fully saturated rings. The van der Waals surface area contributed by atoms with Gasteiger partial charge in [-0.2, -0.15) is 0 Å². The molecule has 130 valence electrons. The highest BCUT2D eigenvalue weighted by Crippen LogP contribution is 2.49. The van der Waals surface area contributed by atoms with Gasteiger partial charge in [0.05, 0.1) is 0 Å². The molecule has 0 radical (unpaired) electrons. The molecule has 2 amide bonds. The Kier molecular flexibility index (Phi) is 5.22. The Morgan fingerprint density at radius 3 is 2.33 bits per heavy atom. The lowest BCUT2D eigenvalue weighted by Gasteiger charge is -2.21. The van der Waals surface area contributed by atoms with Crippen LogP contribution in [0.25, 0.3) is 0 Å². The number of fused-ring (bicyclic) bond motifs is 2. The highest BCUT2D eigenvalue weighted by molar-refractivity contribution is 5.95. The minimum atomic E-state index is 0.0415. The fraction of sp³-hybridized carbons (Fsp3) is 0.600. The third-order valence-electron chi connectivity index (χ3n) is 5.80. The summed E-state index contributed by atoms with van der Waals surface area (Å²) in [6, 6.07) is 7.26. The third-order valence-corrected chi connectivity index (χ3v) is 5.80. The third kappa shape index (κ3) is 3.63. The minimum Gasteiger partial charge on any atom is -0.339 e. The predicted molar refractivity (Wildman–Crippen MR) is 95.9 cm³/mol. The minimum absolute atomic E-state index is 0.0415. The Morgan fingerprint density at radius 1 is 1.08 bits per heavy atom. The Hall–Kier alpha value is -1.84. The van der Waals surface area contributed by atoms with E-state index in [1.165, 1.54) is 25.7 Å². The van der Waals surface area contributed by atoms with Gasteiger partial charge in [0.15, 0.2) is 0 Å². The molecule has 1 N–H and O–H groups in total. The summed E-state index contributed by atoms with van der Waals surface area (Å²) in [7, 11) is 0. The number of benzene rings is 1. The number of carbonyl (C=O) groups excluding carboxylic acids is 2. The molecule has 0 spiro atoms. The fourth-order valence-corrected chi connectivity index (χ4v) is 4.47. The zero-order valence-corrected chi connectivity index (χ0v) is 14.8. The quantitative estimate of drug-likeness (QED) is 0.860. The van der Waals surface area contributed by atoms with Crippen molar-refractivity contribution in [3.05, 3.63) is 29.8 Å². The molecule has 0 saturated heterocycles. The predicted octanol–water partition coefficient (Wildman–Crippen LogP) is 3.93. The van der Waals surface area contributed by atoms with Gasteiger partial charge in [-0.25, -0.2) is 0 Å². The second kappa shape index (κ2) is 7.37. The van der Waals surface area contributed by atoms with E-state index in [0.717, 1.165) is 17.5 Å². The summed E-state index contributed by atoms with van der Waals surface area (Å²) in [5, 5.41) is 2.99. The van der Waals surface area contributed by atoms with Crippen molar-refractivity contribution in [1.29, 1.82) is 0 Å². The number of nitrogens with one attached hydrogen (secondary N) is 1. The van der Waals surface area contributed by atoms with Crippen LogP contribution in [-0.2, 0) is 4.79 Å². The number of rotatable bonds is 6. The van der Waals surface area contributed by atoms with Crippen LogP contribution in [0.2, 0.25) is 0 Å². The maximum absolute atomic E-state index is 12.3. The van der Waals surface area contributed by atoms with Crippen molar-refractivity contribution >= 4 is 17.5 Å². The summed E-state index contributed by atoms with van der Waals surface area (Å²) in [5.74, 6) is 2.37. The molecular weight excluding hydrogens is 300 g/mol. The second-order valence-electron chi connectivity index (χ2n) is 7.24. The molecule has 2 bridgehead atoms. The summed E-state index contributed by atoms with van der Waals surface area (Å²) >= 11 is 0. The molecule has 24 heavy (non-hydrogen) atoms. The summed E-state index contributed by atoms with van der Waals surface area (Å²) in [6.07, 6.45) is 5.88. The van der Waals surface area contributed by atoms with Crippen molar-refractivity contribution in [2.75, 3.05) is 18.4 Å². The lowest BCUT2D eigenvalue weighted by atomic mass is 9.86. The van der Waals surface area contributed by atoms with Crippen molar-refractivity contribution in [1.82, 2.24) is 4.90 Å². The van der Waals surface area contributed by atoms with Crippen molar-refractivity contribution in [2.45, 2.75) is 46.0 Å². The molecule has 3 atom stereocenters. The van der Waals surface area contributed by atoms with E-state index in [1.807, 2.05) is 26.0 Å². The molecule has 2 aliphatic carbocycles. The van der Waals surface area contributed by atoms with Gasteiger partial charge >= 0.3 is 0 Å². The van der Waals surface area contributed by atoms with E-state index in [-0.39, 0.29) is 11.8 Å². The Morgan fingerprint density at radius 2 is 1.79 bits per heavy atom. The number of hydrogen-bond acceptors (Lipinski definition) is 2. The number of nitrogens with zero attached hydrogens (tertiary/aromatic N) is 1. The monoisotopic (exact) mass is 328 g/mol. The zero-order chi connectivity index (χ0) is 17.1. The maximum atomic E-state index is 12.3. The van der Waals surface area contributed by atoms with Crippen LogP contribution >= 0.6 is 0 Å². The Balaban J connectivity index is 1.54. The largest absolute Gasteiger partial charge is 0.339 e. The van der Waals surface area contributed by atoms with E-state index in [1.54, 1.807) is 17.0 Å². The topological polar surface area (TPSA) is 49.4 Å². The molecule has 1 aromatic carbocycles. The Labute approximate surface area is 144 Å². The lowest BCUT2D eigenvalue weighted by Crippen LogP contribution is -2.30. The highest BCUT2D eigenvalue weighted by Gasteiger charge is 2.40. The molecular formula is C20H28N2O2. The van der Waals surface area contributed by atoms with Gasteiger partial charge in [-0.3, -0.25) is 9.59 Å². The van der Waals surface area contributed by atoms with Gasteiger partial charge in [-0.05, 0) is 75.1 Å². The number of carbonyl (C=O) groups is 2. The molecule has 0 aromatic heterocycles. The number of anilines is 1. The average Bonchev–Trinajstić information content (AvgIpc) is 3.19. The van der Waals surface area contributed by atoms with Crippen LogP contribution in [-0.4, -0.2) is 29.8 Å². The fourth-order valence-electron chi connectivity index (χ4n) is 4.47. The molecule has 1 aromatic rings. The number of amides is 2. The molecule has 4 nitrogen and oxygen atoms in total. The van der Waals surface area contributed by atoms with E-state index < -0.39 is 0 Å². The highest BCUT2D eigenvalue weighted by atomic mass is 16.2. The second-order valence-corrected chi connectivity index (χ2v) is 7.24. The molecule has 2 aliphatic rings. The van der Waals surface area contributed by atoms with Gasteiger partial charge in [0.25, 0.3) is 5.91 Å². The van der Waals surface area contributed by atoms with Crippen LogP contribution in [0, 0.1) is 17.8 Å². The van der Waals surface area contributed by atoms with Gasteiger partial charge in [-0.1, -0.05) is 6.42 Å². The molecule has 0 unspecified atom stereocenters. The molecule has 2 saturated carbocycles. The van der Waals surface area contributed by atoms with Gasteiger partial charge in [0.1, 0.15) is 0 Å². The molecule has 3 rings (SSSR count). The molecule has 0 aliphatic heterocycles. The summed E-state index contributed by atoms with van der Waals surface area (Å²) < 4.78 is 0. The smallest absolute Gasteiger partial charge is 0.253 e. The van der Waals surface area contributed by atoms with Crippen molar-refractivity contribution in [3.8, 4) is 0 Å². The van der Waals surface area contributed by atoms with Crippen LogP contribution in [0.3, 0.4) is 0 Å². The maximum Gasteiger partial charge on any atom is 0.253 e. The van der Waals surface area contributed by atoms with E-state index >= 15 is 0 Å². The van der Waals surface area contributed by atoms with Crippen molar-refractivity contribution in [3.63, 3.8) is 0 Å². The van der Waals surface area contributed by atoms with Crippen LogP contribution in [0.4, 0.5) is 5.69 Å². The first-order valence-corrected chi connectivity index (χ1v) is 9.29. The first-order valence-electron chi connectivity index (χ1n) is 9.29. The Bertz CT molecular complexity index is 592. The average molecular weight is 328 g/mol. The standard InChI is InChI=1S/C20H28N2O2/c1-3-22(4-2)20(24)15-7-9-18(10-8-15)21-19(23)13-17-12-14-5-6-16(17)11-14/h7-10,14,16-17H,3-6,11-13H2,1-2H3,(H,21,23)/t14-,16+,17-/m0/s1. The molecule has 0 heterocycles. The molecule has 4 heteroatoms. The lowest BCUT2D eigenvalue weighted by molar-refractivity contribution is -0.117. The van der Waals surface area contributed by atoms with Crippen LogP contribution in [0.15, 0.2) is 24.3 Å². The summed E-state index contributed by atoms with van der Waals surface area (Å²) in [4.78, 5) is 26.4. The van der Waals surface area contributed by atoms with Crippen LogP contribution < -0.4 is 5.32 Å². The van der Waals surface area contributed by atoms with Gasteiger partial charge < -0.3 is 10.2 Å². The van der Waals surface area contributed by atoms with Gasteiger partial charge in [0.2, 0.25) is 5.91 Å². The van der Waals surface area contributed by atoms with Crippen molar-refractivity contribution < 1.29 is 9.59 Å². The van der Waals surface area contributed by atoms with E-state index in [9.17, 15) is 9.59 Å². The van der Waals surface area contributed by atoms with Crippen LogP contribution in [0.1, 0.15) is 56.3 Å². The first kappa shape index (κ1) is 17.0. The summed E-state index contributed by atoms with van der Waals surface area (Å²) in [6.45, 7) is 5.37. The SMILES string of the molecule is CCN(CC)C(=O)c1ccc(NC(=O)C[C@@H]2C[C@H]3CC[C@@H]2C3)cc1. The van der Waals surface area contributed by atoms with E-state index in [2.05, 4.69) is 5.32 Å².